The minimum atomic E-state index is -0.649. The zero-order chi connectivity index (χ0) is 20.7. The van der Waals surface area contributed by atoms with E-state index in [0.29, 0.717) is 32.6 Å². The Morgan fingerprint density at radius 3 is 2.37 bits per heavy atom. The van der Waals surface area contributed by atoms with Crippen molar-refractivity contribution in [1.29, 1.82) is 0 Å². The molecule has 1 saturated heterocycles. The van der Waals surface area contributed by atoms with Crippen LogP contribution in [0.15, 0.2) is 0 Å². The van der Waals surface area contributed by atoms with Gasteiger partial charge in [-0.15, -0.1) is 0 Å². The molecule has 0 aromatic carbocycles. The van der Waals surface area contributed by atoms with Crippen LogP contribution in [-0.4, -0.2) is 62.3 Å². The molecule has 1 aliphatic rings. The molecule has 1 rings (SSSR count). The molecule has 0 aromatic rings. The lowest BCUT2D eigenvalue weighted by Crippen LogP contribution is -2.54. The van der Waals surface area contributed by atoms with Crippen LogP contribution in [0.2, 0.25) is 0 Å². The van der Waals surface area contributed by atoms with Crippen molar-refractivity contribution in [1.82, 2.24) is 5.32 Å². The van der Waals surface area contributed by atoms with Gasteiger partial charge in [0.25, 0.3) is 0 Å². The Morgan fingerprint density at radius 2 is 1.81 bits per heavy atom. The van der Waals surface area contributed by atoms with Gasteiger partial charge in [-0.1, -0.05) is 13.8 Å². The summed E-state index contributed by atoms with van der Waals surface area (Å²) >= 11 is 0. The topological polar surface area (TPSA) is 109 Å². The van der Waals surface area contributed by atoms with Crippen molar-refractivity contribution in [2.24, 2.45) is 11.1 Å². The van der Waals surface area contributed by atoms with Crippen molar-refractivity contribution in [3.8, 4) is 0 Å². The van der Waals surface area contributed by atoms with Crippen LogP contribution in [0, 0.1) is 5.41 Å². The number of nitrogens with one attached hydrogen (secondary N) is 1. The average Bonchev–Trinajstić information content (AvgIpc) is 2.53. The number of nitrogens with two attached hydrogens (primary N) is 1. The SMILES string of the molecule is CC(=O)N[C@@H]1CC[C@@H](COC(C)=O)OC1OC(C)(C)COCC(C)(C)CN. The Morgan fingerprint density at radius 1 is 1.15 bits per heavy atom. The lowest BCUT2D eigenvalue weighted by Gasteiger charge is -2.40. The Labute approximate surface area is 162 Å². The molecule has 1 heterocycles. The van der Waals surface area contributed by atoms with E-state index in [-0.39, 0.29) is 36.0 Å². The average molecular weight is 389 g/mol. The summed E-state index contributed by atoms with van der Waals surface area (Å²) in [7, 11) is 0. The summed E-state index contributed by atoms with van der Waals surface area (Å²) in [4.78, 5) is 22.5. The van der Waals surface area contributed by atoms with Crippen LogP contribution in [0.3, 0.4) is 0 Å². The fourth-order valence-corrected chi connectivity index (χ4v) is 2.68. The molecule has 158 valence electrons. The number of carbonyl (C=O) groups excluding carboxylic acids is 2. The highest BCUT2D eigenvalue weighted by Gasteiger charge is 2.37. The minimum Gasteiger partial charge on any atom is -0.463 e. The molecule has 0 radical (unpaired) electrons. The number of esters is 1. The summed E-state index contributed by atoms with van der Waals surface area (Å²) in [5.41, 5.74) is 4.99. The second kappa shape index (κ2) is 10.4. The van der Waals surface area contributed by atoms with Crippen LogP contribution in [0.5, 0.6) is 0 Å². The van der Waals surface area contributed by atoms with Gasteiger partial charge in [0.15, 0.2) is 6.29 Å². The molecule has 8 heteroatoms. The van der Waals surface area contributed by atoms with Gasteiger partial charge in [-0.2, -0.15) is 0 Å². The van der Waals surface area contributed by atoms with E-state index < -0.39 is 11.9 Å². The van der Waals surface area contributed by atoms with Gasteiger partial charge in [0.1, 0.15) is 6.61 Å². The lowest BCUT2D eigenvalue weighted by molar-refractivity contribution is -0.263. The fraction of sp³-hybridized carbons (Fsp3) is 0.895. The molecular formula is C19H36N2O6. The van der Waals surface area contributed by atoms with Crippen LogP contribution < -0.4 is 11.1 Å². The smallest absolute Gasteiger partial charge is 0.302 e. The highest BCUT2D eigenvalue weighted by atomic mass is 16.7. The van der Waals surface area contributed by atoms with Gasteiger partial charge >= 0.3 is 5.97 Å². The molecule has 1 aliphatic heterocycles. The molecule has 1 fully saturated rings. The number of hydrogen-bond acceptors (Lipinski definition) is 7. The van der Waals surface area contributed by atoms with Gasteiger partial charge in [-0.3, -0.25) is 9.59 Å². The zero-order valence-corrected chi connectivity index (χ0v) is 17.5. The number of carbonyl (C=O) groups is 2. The van der Waals surface area contributed by atoms with Crippen LogP contribution in [0.1, 0.15) is 54.4 Å². The van der Waals surface area contributed by atoms with E-state index in [4.69, 9.17) is 24.7 Å². The maximum absolute atomic E-state index is 11.5. The van der Waals surface area contributed by atoms with Gasteiger partial charge in [0.05, 0.1) is 31.0 Å². The Balaban J connectivity index is 2.66. The number of hydrogen-bond donors (Lipinski definition) is 2. The van der Waals surface area contributed by atoms with E-state index in [9.17, 15) is 9.59 Å². The second-order valence-electron chi connectivity index (χ2n) is 8.55. The largest absolute Gasteiger partial charge is 0.463 e. The van der Waals surface area contributed by atoms with E-state index in [2.05, 4.69) is 5.32 Å². The summed E-state index contributed by atoms with van der Waals surface area (Å²) in [6.07, 6.45) is 0.425. The van der Waals surface area contributed by atoms with Gasteiger partial charge in [-0.25, -0.2) is 0 Å². The molecule has 0 aromatic heterocycles. The molecular weight excluding hydrogens is 352 g/mol. The molecule has 8 nitrogen and oxygen atoms in total. The third-order valence-electron chi connectivity index (χ3n) is 4.25. The zero-order valence-electron chi connectivity index (χ0n) is 17.5. The van der Waals surface area contributed by atoms with Crippen LogP contribution in [0.25, 0.3) is 0 Å². The molecule has 0 bridgehead atoms. The van der Waals surface area contributed by atoms with E-state index in [1.54, 1.807) is 0 Å². The first-order chi connectivity index (χ1) is 12.4. The van der Waals surface area contributed by atoms with Crippen molar-refractivity contribution >= 4 is 11.9 Å². The normalized spacial score (nSPS) is 23.7. The number of rotatable bonds is 10. The fourth-order valence-electron chi connectivity index (χ4n) is 2.68. The maximum atomic E-state index is 11.5. The molecule has 0 saturated carbocycles. The maximum Gasteiger partial charge on any atom is 0.302 e. The number of ether oxygens (including phenoxy) is 4. The highest BCUT2D eigenvalue weighted by molar-refractivity contribution is 5.73. The van der Waals surface area contributed by atoms with Gasteiger partial charge in [0, 0.05) is 19.3 Å². The highest BCUT2D eigenvalue weighted by Crippen LogP contribution is 2.26. The third-order valence-corrected chi connectivity index (χ3v) is 4.25. The Kier molecular flexibility index (Phi) is 9.14. The number of amides is 1. The predicted octanol–water partition coefficient (Wildman–Crippen LogP) is 1.36. The predicted molar refractivity (Wildman–Crippen MR) is 101 cm³/mol. The van der Waals surface area contributed by atoms with Crippen LogP contribution in [0.4, 0.5) is 0 Å². The molecule has 3 atom stereocenters. The summed E-state index contributed by atoms with van der Waals surface area (Å²) < 4.78 is 23.0. The summed E-state index contributed by atoms with van der Waals surface area (Å²) in [6, 6.07) is -0.268. The van der Waals surface area contributed by atoms with Crippen molar-refractivity contribution < 1.29 is 28.5 Å². The monoisotopic (exact) mass is 388 g/mol. The van der Waals surface area contributed by atoms with E-state index in [0.717, 1.165) is 0 Å². The summed E-state index contributed by atoms with van der Waals surface area (Å²) in [5.74, 6) is -0.495. The first-order valence-electron chi connectivity index (χ1n) is 9.46. The lowest BCUT2D eigenvalue weighted by atomic mass is 9.95. The second-order valence-corrected chi connectivity index (χ2v) is 8.55. The van der Waals surface area contributed by atoms with E-state index >= 15 is 0 Å². The molecule has 1 amide bonds. The minimum absolute atomic E-state index is 0.106. The summed E-state index contributed by atoms with van der Waals surface area (Å²) in [5, 5.41) is 2.88. The van der Waals surface area contributed by atoms with Crippen molar-refractivity contribution in [3.63, 3.8) is 0 Å². The Hall–Kier alpha value is -1.22. The standard InChI is InChI=1S/C19H36N2O6/c1-13(22)21-16-8-7-15(9-25-14(2)23)26-17(16)27-19(5,6)12-24-11-18(3,4)10-20/h15-17H,7-12,20H2,1-6H3,(H,21,22)/t15-,16+,17?/m0/s1. The molecule has 27 heavy (non-hydrogen) atoms. The van der Waals surface area contributed by atoms with Crippen molar-refractivity contribution in [3.05, 3.63) is 0 Å². The molecule has 0 spiro atoms. The molecule has 0 aliphatic carbocycles. The first kappa shape index (κ1) is 23.8. The Bertz CT molecular complexity index is 495. The molecule has 3 N–H and O–H groups in total. The van der Waals surface area contributed by atoms with E-state index in [1.165, 1.54) is 13.8 Å². The van der Waals surface area contributed by atoms with Crippen molar-refractivity contribution in [2.45, 2.75) is 78.4 Å². The van der Waals surface area contributed by atoms with Gasteiger partial charge in [-0.05, 0) is 33.2 Å². The van der Waals surface area contributed by atoms with E-state index in [1.807, 2.05) is 27.7 Å². The first-order valence-corrected chi connectivity index (χ1v) is 9.46. The van der Waals surface area contributed by atoms with Gasteiger partial charge in [0.2, 0.25) is 5.91 Å². The van der Waals surface area contributed by atoms with Crippen LogP contribution in [-0.2, 0) is 28.5 Å². The quantitative estimate of drug-likeness (QED) is 0.544. The van der Waals surface area contributed by atoms with Crippen molar-refractivity contribution in [2.75, 3.05) is 26.4 Å². The summed E-state index contributed by atoms with van der Waals surface area (Å²) in [6.45, 7) is 12.3. The third kappa shape index (κ3) is 9.51. The molecule has 1 unspecified atom stereocenters. The van der Waals surface area contributed by atoms with Crippen LogP contribution >= 0.6 is 0 Å². The van der Waals surface area contributed by atoms with Gasteiger partial charge < -0.3 is 30.0 Å².